The van der Waals surface area contributed by atoms with E-state index in [0.717, 1.165) is 18.0 Å². The van der Waals surface area contributed by atoms with Crippen LogP contribution in [-0.4, -0.2) is 31.8 Å². The molecule has 1 unspecified atom stereocenters. The first-order valence-corrected chi connectivity index (χ1v) is 8.56. The van der Waals surface area contributed by atoms with Crippen LogP contribution >= 0.6 is 23.1 Å². The molecule has 2 amide bonds. The number of thioether (sulfide) groups is 1. The molecule has 0 spiro atoms. The number of thiophene rings is 1. The maximum atomic E-state index is 12.3. The van der Waals surface area contributed by atoms with Crippen LogP contribution in [0.2, 0.25) is 0 Å². The molecule has 0 radical (unpaired) electrons. The highest BCUT2D eigenvalue weighted by atomic mass is 32.2. The highest BCUT2D eigenvalue weighted by Crippen LogP contribution is 2.38. The lowest BCUT2D eigenvalue weighted by molar-refractivity contribution is -0.115. The van der Waals surface area contributed by atoms with Crippen molar-refractivity contribution in [3.63, 3.8) is 0 Å². The van der Waals surface area contributed by atoms with Gasteiger partial charge in [-0.2, -0.15) is 0 Å². The van der Waals surface area contributed by atoms with Gasteiger partial charge < -0.3 is 15.6 Å². The molecule has 2 heterocycles. The predicted octanol–water partition coefficient (Wildman–Crippen LogP) is 1.89. The Balaban J connectivity index is 1.65. The van der Waals surface area contributed by atoms with Crippen molar-refractivity contribution in [1.29, 1.82) is 0 Å². The van der Waals surface area contributed by atoms with Gasteiger partial charge in [0, 0.05) is 6.04 Å². The molecule has 1 aliphatic carbocycles. The largest absolute Gasteiger partial charge is 0.366 e. The zero-order valence-corrected chi connectivity index (χ0v) is 13.5. The van der Waals surface area contributed by atoms with E-state index in [0.29, 0.717) is 16.6 Å². The summed E-state index contributed by atoms with van der Waals surface area (Å²) in [5, 5.41) is 13.3. The lowest BCUT2D eigenvalue weighted by Crippen LogP contribution is -2.24. The molecule has 3 N–H and O–H groups in total. The van der Waals surface area contributed by atoms with Crippen LogP contribution in [0.4, 0.5) is 5.00 Å². The fourth-order valence-corrected chi connectivity index (χ4v) is 3.63. The van der Waals surface area contributed by atoms with E-state index in [2.05, 4.69) is 15.5 Å². The van der Waals surface area contributed by atoms with Crippen LogP contribution in [0.3, 0.4) is 0 Å². The van der Waals surface area contributed by atoms with Crippen LogP contribution in [-0.2, 0) is 4.79 Å². The Morgan fingerprint density at radius 2 is 2.32 bits per heavy atom. The molecule has 22 heavy (non-hydrogen) atoms. The van der Waals surface area contributed by atoms with Crippen LogP contribution in [0.15, 0.2) is 22.9 Å². The van der Waals surface area contributed by atoms with Crippen LogP contribution in [0.25, 0.3) is 0 Å². The molecular formula is C13H15N5O2S2. The summed E-state index contributed by atoms with van der Waals surface area (Å²) < 4.78 is 2.01. The molecule has 1 saturated carbocycles. The van der Waals surface area contributed by atoms with Crippen molar-refractivity contribution in [3.05, 3.63) is 23.3 Å². The number of aromatic nitrogens is 3. The summed E-state index contributed by atoms with van der Waals surface area (Å²) in [7, 11) is 0. The molecule has 0 saturated heterocycles. The Morgan fingerprint density at radius 3 is 3.00 bits per heavy atom. The summed E-state index contributed by atoms with van der Waals surface area (Å²) in [6.07, 6.45) is 3.96. The lowest BCUT2D eigenvalue weighted by Gasteiger charge is -2.11. The van der Waals surface area contributed by atoms with E-state index < -0.39 is 5.91 Å². The molecule has 1 fully saturated rings. The van der Waals surface area contributed by atoms with E-state index in [9.17, 15) is 9.59 Å². The molecular weight excluding hydrogens is 322 g/mol. The maximum absolute atomic E-state index is 12.3. The first kappa shape index (κ1) is 15.0. The minimum atomic E-state index is -0.551. The first-order chi connectivity index (χ1) is 10.6. The fraction of sp³-hybridized carbons (Fsp3) is 0.385. The third kappa shape index (κ3) is 3.14. The molecule has 0 aliphatic heterocycles. The number of carbonyl (C=O) groups is 2. The number of amides is 2. The summed E-state index contributed by atoms with van der Waals surface area (Å²) in [5.41, 5.74) is 5.60. The van der Waals surface area contributed by atoms with E-state index in [1.54, 1.807) is 24.7 Å². The Morgan fingerprint density at radius 1 is 1.55 bits per heavy atom. The Hall–Kier alpha value is -1.87. The van der Waals surface area contributed by atoms with Gasteiger partial charge in [0.1, 0.15) is 11.3 Å². The monoisotopic (exact) mass is 337 g/mol. The van der Waals surface area contributed by atoms with Crippen LogP contribution in [0.1, 0.15) is 36.2 Å². The van der Waals surface area contributed by atoms with E-state index in [-0.39, 0.29) is 11.2 Å². The first-order valence-electron chi connectivity index (χ1n) is 6.80. The molecule has 1 atom stereocenters. The van der Waals surface area contributed by atoms with Gasteiger partial charge >= 0.3 is 0 Å². The Bertz CT molecular complexity index is 707. The van der Waals surface area contributed by atoms with Gasteiger partial charge in [-0.15, -0.1) is 21.5 Å². The molecule has 1 aliphatic rings. The molecule has 3 rings (SSSR count). The Labute approximate surface area is 135 Å². The van der Waals surface area contributed by atoms with Gasteiger partial charge in [0.05, 0.1) is 10.8 Å². The zero-order chi connectivity index (χ0) is 15.7. The van der Waals surface area contributed by atoms with Crippen molar-refractivity contribution in [2.24, 2.45) is 5.73 Å². The third-order valence-electron chi connectivity index (χ3n) is 3.30. The molecule has 9 heteroatoms. The van der Waals surface area contributed by atoms with Gasteiger partial charge in [-0.25, -0.2) is 0 Å². The number of rotatable bonds is 6. The van der Waals surface area contributed by atoms with E-state index >= 15 is 0 Å². The van der Waals surface area contributed by atoms with Crippen molar-refractivity contribution >= 4 is 39.9 Å². The second kappa shape index (κ2) is 6.09. The lowest BCUT2D eigenvalue weighted by atomic mass is 10.3. The van der Waals surface area contributed by atoms with Crippen LogP contribution in [0.5, 0.6) is 0 Å². The molecule has 0 aromatic carbocycles. The number of nitrogens with two attached hydrogens (primary N) is 1. The number of hydrogen-bond donors (Lipinski definition) is 2. The number of nitrogens with one attached hydrogen (secondary N) is 1. The van der Waals surface area contributed by atoms with Gasteiger partial charge in [-0.1, -0.05) is 11.8 Å². The predicted molar refractivity (Wildman–Crippen MR) is 85.1 cm³/mol. The number of primary amides is 1. The molecule has 7 nitrogen and oxygen atoms in total. The van der Waals surface area contributed by atoms with Gasteiger partial charge in [0.2, 0.25) is 5.91 Å². The quantitative estimate of drug-likeness (QED) is 0.784. The number of hydrogen-bond acceptors (Lipinski definition) is 6. The highest BCUT2D eigenvalue weighted by Gasteiger charge is 2.28. The molecule has 2 aromatic heterocycles. The average molecular weight is 337 g/mol. The summed E-state index contributed by atoms with van der Waals surface area (Å²) in [6, 6.07) is 2.07. The zero-order valence-electron chi connectivity index (χ0n) is 11.9. The van der Waals surface area contributed by atoms with Crippen molar-refractivity contribution in [1.82, 2.24) is 14.8 Å². The second-order valence-electron chi connectivity index (χ2n) is 5.03. The summed E-state index contributed by atoms with van der Waals surface area (Å²) in [4.78, 5) is 23.5. The number of anilines is 1. The van der Waals surface area contributed by atoms with Crippen molar-refractivity contribution < 1.29 is 9.59 Å². The summed E-state index contributed by atoms with van der Waals surface area (Å²) in [6.45, 7) is 1.80. The molecule has 2 aromatic rings. The smallest absolute Gasteiger partial charge is 0.251 e. The highest BCUT2D eigenvalue weighted by molar-refractivity contribution is 8.00. The SMILES string of the molecule is CC(Sc1nncn1C1CC1)C(=O)Nc1sccc1C(N)=O. The normalized spacial score (nSPS) is 15.5. The summed E-state index contributed by atoms with van der Waals surface area (Å²) >= 11 is 2.63. The van der Waals surface area contributed by atoms with E-state index in [1.807, 2.05) is 4.57 Å². The summed E-state index contributed by atoms with van der Waals surface area (Å²) in [5.74, 6) is -0.745. The average Bonchev–Trinajstić information content (AvgIpc) is 3.03. The maximum Gasteiger partial charge on any atom is 0.251 e. The Kier molecular flexibility index (Phi) is 4.16. The fourth-order valence-electron chi connectivity index (χ4n) is 1.94. The minimum absolute atomic E-state index is 0.194. The van der Waals surface area contributed by atoms with Crippen molar-refractivity contribution in [2.75, 3.05) is 5.32 Å². The van der Waals surface area contributed by atoms with Crippen LogP contribution in [0, 0.1) is 0 Å². The van der Waals surface area contributed by atoms with Gasteiger partial charge in [-0.05, 0) is 31.2 Å². The van der Waals surface area contributed by atoms with Gasteiger partial charge in [0.25, 0.3) is 5.91 Å². The van der Waals surface area contributed by atoms with E-state index in [1.165, 1.54) is 23.1 Å². The third-order valence-corrected chi connectivity index (χ3v) is 5.20. The van der Waals surface area contributed by atoms with Crippen molar-refractivity contribution in [2.45, 2.75) is 36.2 Å². The standard InChI is InChI=1S/C13H15N5O2S2/c1-7(22-13-17-15-6-18(13)8-2-3-8)11(20)16-12-9(10(14)19)4-5-21-12/h4-8H,2-3H2,1H3,(H2,14,19)(H,16,20). The number of carbonyl (C=O) groups excluding carboxylic acids is 2. The minimum Gasteiger partial charge on any atom is -0.366 e. The molecule has 116 valence electrons. The second-order valence-corrected chi connectivity index (χ2v) is 7.25. The number of nitrogens with zero attached hydrogens (tertiary/aromatic N) is 3. The van der Waals surface area contributed by atoms with E-state index in [4.69, 9.17) is 5.73 Å². The topological polar surface area (TPSA) is 103 Å². The van der Waals surface area contributed by atoms with Crippen molar-refractivity contribution in [3.8, 4) is 0 Å². The van der Waals surface area contributed by atoms with Crippen LogP contribution < -0.4 is 11.1 Å². The molecule has 0 bridgehead atoms. The van der Waals surface area contributed by atoms with Gasteiger partial charge in [0.15, 0.2) is 5.16 Å². The van der Waals surface area contributed by atoms with Gasteiger partial charge in [-0.3, -0.25) is 9.59 Å².